The van der Waals surface area contributed by atoms with Crippen molar-refractivity contribution in [2.45, 2.75) is 72.0 Å². The quantitative estimate of drug-likeness (QED) is 0.504. The van der Waals surface area contributed by atoms with Crippen LogP contribution in [0, 0.1) is 19.8 Å². The Morgan fingerprint density at radius 2 is 1.92 bits per heavy atom. The van der Waals surface area contributed by atoms with Gasteiger partial charge >= 0.3 is 0 Å². The molecule has 2 atom stereocenters. The average Bonchev–Trinajstić information content (AvgIpc) is 3.23. The van der Waals surface area contributed by atoms with Crippen LogP contribution in [-0.2, 0) is 14.3 Å². The Bertz CT molecular complexity index is 1120. The Balaban J connectivity index is 2.10. The summed E-state index contributed by atoms with van der Waals surface area (Å²) in [6, 6.07) is 3.05. The van der Waals surface area contributed by atoms with Crippen LogP contribution in [0.5, 0.6) is 5.75 Å². The predicted molar refractivity (Wildman–Crippen MR) is 141 cm³/mol. The molecule has 2 heterocycles. The highest BCUT2D eigenvalue weighted by molar-refractivity contribution is 8.14. The Hall–Kier alpha value is -2.21. The number of benzene rings is 1. The first-order valence-electron chi connectivity index (χ1n) is 12.0. The molecule has 2 aromatic rings. The van der Waals surface area contributed by atoms with Crippen LogP contribution < -0.4 is 9.74 Å². The molecule has 0 radical (unpaired) electrons. The number of amides is 1. The van der Waals surface area contributed by atoms with Crippen molar-refractivity contribution in [1.29, 1.82) is 0 Å². The SMILES string of the molecule is COC1OC[C@H](c2nc(C)no2)NC(=O)CSC(=O)c2c(C)ccc(O[Si](C)(C)C(C)(C)C(C)C)c21. The number of aromatic nitrogens is 2. The summed E-state index contributed by atoms with van der Waals surface area (Å²) in [5.74, 6) is 1.21. The number of methoxy groups -OCH3 is 1. The molecule has 1 aromatic heterocycles. The molecule has 0 bridgehead atoms. The molecule has 9 nitrogen and oxygen atoms in total. The molecule has 11 heteroatoms. The smallest absolute Gasteiger partial charge is 0.251 e. The van der Waals surface area contributed by atoms with Crippen molar-refractivity contribution in [3.05, 3.63) is 40.5 Å². The second-order valence-corrected chi connectivity index (χ2v) is 15.9. The van der Waals surface area contributed by atoms with Crippen molar-refractivity contribution < 1.29 is 28.0 Å². The van der Waals surface area contributed by atoms with Gasteiger partial charge in [-0.1, -0.05) is 50.7 Å². The van der Waals surface area contributed by atoms with E-state index < -0.39 is 20.6 Å². The van der Waals surface area contributed by atoms with E-state index >= 15 is 0 Å². The third-order valence-electron chi connectivity index (χ3n) is 7.35. The van der Waals surface area contributed by atoms with E-state index in [1.807, 2.05) is 19.1 Å². The Labute approximate surface area is 218 Å². The number of ether oxygens (including phenoxy) is 2. The molecule has 0 aliphatic carbocycles. The van der Waals surface area contributed by atoms with Crippen molar-refractivity contribution in [2.75, 3.05) is 19.5 Å². The molecule has 198 valence electrons. The zero-order chi connectivity index (χ0) is 26.8. The predicted octanol–water partition coefficient (Wildman–Crippen LogP) is 5.11. The fourth-order valence-electron chi connectivity index (χ4n) is 3.93. The van der Waals surface area contributed by atoms with E-state index in [0.717, 1.165) is 17.3 Å². The summed E-state index contributed by atoms with van der Waals surface area (Å²) in [5.41, 5.74) is 1.73. The molecule has 1 unspecified atom stereocenters. The molecule has 1 aliphatic rings. The summed E-state index contributed by atoms with van der Waals surface area (Å²) >= 11 is 0.928. The lowest BCUT2D eigenvalue weighted by atomic mass is 9.99. The molecular formula is C25H37N3O6SSi. The van der Waals surface area contributed by atoms with Gasteiger partial charge in [0.15, 0.2) is 12.1 Å². The minimum absolute atomic E-state index is 0.00410. The van der Waals surface area contributed by atoms with Gasteiger partial charge in [-0.3, -0.25) is 9.59 Å². The van der Waals surface area contributed by atoms with E-state index in [-0.39, 0.29) is 34.3 Å². The number of carbonyl (C=O) groups excluding carboxylic acids is 2. The first-order chi connectivity index (χ1) is 16.8. The maximum atomic E-state index is 13.4. The first-order valence-corrected chi connectivity index (χ1v) is 15.9. The number of rotatable bonds is 6. The zero-order valence-electron chi connectivity index (χ0n) is 22.6. The van der Waals surface area contributed by atoms with Gasteiger partial charge in [0, 0.05) is 12.7 Å². The second-order valence-electron chi connectivity index (χ2n) is 10.4. The summed E-state index contributed by atoms with van der Waals surface area (Å²) in [7, 11) is -0.824. The standard InChI is InChI=1S/C25H37N3O6SSi/c1-14(2)25(5,6)36(8,9)34-18-11-10-15(3)20-21(18)24(31-7)32-12-17(22-26-16(4)28-33-22)27-19(29)13-35-23(20)30/h10-11,14,17,24H,12-13H2,1-9H3,(H,27,29)/t17-,24?/m1/s1. The van der Waals surface area contributed by atoms with Gasteiger partial charge in [-0.05, 0) is 49.5 Å². The van der Waals surface area contributed by atoms with Crippen LogP contribution in [0.15, 0.2) is 16.7 Å². The van der Waals surface area contributed by atoms with Crippen molar-refractivity contribution in [3.8, 4) is 5.75 Å². The van der Waals surface area contributed by atoms with Crippen molar-refractivity contribution >= 4 is 31.1 Å². The number of nitrogens with one attached hydrogen (secondary N) is 1. The minimum atomic E-state index is -2.34. The number of aryl methyl sites for hydroxylation is 2. The van der Waals surface area contributed by atoms with Gasteiger partial charge in [0.1, 0.15) is 11.8 Å². The van der Waals surface area contributed by atoms with Gasteiger partial charge in [0.2, 0.25) is 11.0 Å². The number of hydrogen-bond acceptors (Lipinski definition) is 9. The van der Waals surface area contributed by atoms with Crippen molar-refractivity contribution in [3.63, 3.8) is 0 Å². The normalized spacial score (nSPS) is 20.1. The van der Waals surface area contributed by atoms with Crippen molar-refractivity contribution in [1.82, 2.24) is 15.5 Å². The molecule has 1 aromatic carbocycles. The third kappa shape index (κ3) is 5.85. The van der Waals surface area contributed by atoms with E-state index in [4.69, 9.17) is 18.4 Å². The van der Waals surface area contributed by atoms with Crippen LogP contribution in [0.2, 0.25) is 18.1 Å². The molecule has 0 fully saturated rings. The van der Waals surface area contributed by atoms with E-state index in [1.165, 1.54) is 7.11 Å². The van der Waals surface area contributed by atoms with E-state index in [0.29, 0.717) is 28.6 Å². The fourth-order valence-corrected chi connectivity index (χ4v) is 7.07. The number of fused-ring (bicyclic) bond motifs is 1. The molecule has 0 saturated carbocycles. The fraction of sp³-hybridized carbons (Fsp3) is 0.600. The molecule has 0 saturated heterocycles. The first kappa shape index (κ1) is 28.4. The van der Waals surface area contributed by atoms with Gasteiger partial charge in [0.05, 0.1) is 17.9 Å². The molecule has 1 amide bonds. The van der Waals surface area contributed by atoms with Gasteiger partial charge in [-0.2, -0.15) is 4.98 Å². The van der Waals surface area contributed by atoms with E-state index in [2.05, 4.69) is 56.2 Å². The summed E-state index contributed by atoms with van der Waals surface area (Å²) in [6.45, 7) is 16.7. The average molecular weight is 536 g/mol. The highest BCUT2D eigenvalue weighted by Crippen LogP contribution is 2.46. The van der Waals surface area contributed by atoms with E-state index in [1.54, 1.807) is 6.92 Å². The van der Waals surface area contributed by atoms with Crippen LogP contribution in [0.1, 0.15) is 73.2 Å². The minimum Gasteiger partial charge on any atom is -0.543 e. The van der Waals surface area contributed by atoms with Crippen LogP contribution >= 0.6 is 11.8 Å². The second kappa shape index (κ2) is 11.0. The summed E-state index contributed by atoms with van der Waals surface area (Å²) in [6.07, 6.45) is -0.923. The van der Waals surface area contributed by atoms with Crippen LogP contribution in [-0.4, -0.2) is 49.0 Å². The molecule has 1 aliphatic heterocycles. The number of hydrogen-bond donors (Lipinski definition) is 1. The third-order valence-corrected chi connectivity index (χ3v) is 12.6. The van der Waals surface area contributed by atoms with Crippen LogP contribution in [0.25, 0.3) is 0 Å². The highest BCUT2D eigenvalue weighted by Gasteiger charge is 2.46. The largest absolute Gasteiger partial charge is 0.543 e. The molecule has 1 N–H and O–H groups in total. The van der Waals surface area contributed by atoms with Gasteiger partial charge < -0.3 is 23.7 Å². The van der Waals surface area contributed by atoms with E-state index in [9.17, 15) is 9.59 Å². The lowest BCUT2D eigenvalue weighted by Crippen LogP contribution is -2.48. The lowest BCUT2D eigenvalue weighted by Gasteiger charge is -2.43. The molecule has 3 rings (SSSR count). The zero-order valence-corrected chi connectivity index (χ0v) is 24.4. The summed E-state index contributed by atoms with van der Waals surface area (Å²) < 4.78 is 24.0. The Morgan fingerprint density at radius 3 is 2.50 bits per heavy atom. The number of carbonyl (C=O) groups is 2. The Kier molecular flexibility index (Phi) is 8.69. The van der Waals surface area contributed by atoms with Crippen molar-refractivity contribution in [2.24, 2.45) is 5.92 Å². The highest BCUT2D eigenvalue weighted by atomic mass is 32.2. The van der Waals surface area contributed by atoms with Crippen LogP contribution in [0.4, 0.5) is 0 Å². The molecule has 0 spiro atoms. The maximum Gasteiger partial charge on any atom is 0.251 e. The number of nitrogens with zero attached hydrogens (tertiary/aromatic N) is 2. The van der Waals surface area contributed by atoms with Gasteiger partial charge in [-0.25, -0.2) is 0 Å². The number of thioether (sulfide) groups is 1. The lowest BCUT2D eigenvalue weighted by molar-refractivity contribution is -0.138. The monoisotopic (exact) mass is 535 g/mol. The topological polar surface area (TPSA) is 113 Å². The van der Waals surface area contributed by atoms with Gasteiger partial charge in [-0.15, -0.1) is 0 Å². The Morgan fingerprint density at radius 1 is 1.22 bits per heavy atom. The molecular weight excluding hydrogens is 498 g/mol. The summed E-state index contributed by atoms with van der Waals surface area (Å²) in [5, 5.41) is 6.34. The van der Waals surface area contributed by atoms with Gasteiger partial charge in [0.25, 0.3) is 14.2 Å². The van der Waals surface area contributed by atoms with Crippen LogP contribution in [0.3, 0.4) is 0 Å². The summed E-state index contributed by atoms with van der Waals surface area (Å²) in [4.78, 5) is 30.3. The molecule has 36 heavy (non-hydrogen) atoms. The maximum absolute atomic E-state index is 13.4.